The highest BCUT2D eigenvalue weighted by Gasteiger charge is 2.13. The highest BCUT2D eigenvalue weighted by molar-refractivity contribution is 14.1. The number of hydrogen-bond acceptors (Lipinski definition) is 5. The average molecular weight is 399 g/mol. The number of ether oxygens (including phenoxy) is 1. The third-order valence-electron chi connectivity index (χ3n) is 2.95. The molecule has 0 aliphatic carbocycles. The molecule has 0 saturated heterocycles. The van der Waals surface area contributed by atoms with Gasteiger partial charge in [0.2, 0.25) is 0 Å². The molecule has 3 N–H and O–H groups in total. The molecule has 0 spiro atoms. The fraction of sp³-hybridized carbons (Fsp3) is 0.333. The van der Waals surface area contributed by atoms with E-state index in [-0.39, 0.29) is 5.75 Å². The number of phenolic OH excluding ortho intramolecular Hbond substituents is 1. The van der Waals surface area contributed by atoms with Gasteiger partial charge in [0.05, 0.1) is 15.9 Å². The summed E-state index contributed by atoms with van der Waals surface area (Å²) in [5.41, 5.74) is 7.70. The van der Waals surface area contributed by atoms with Crippen LogP contribution in [-0.2, 0) is 6.42 Å². The molecule has 0 unspecified atom stereocenters. The van der Waals surface area contributed by atoms with Crippen LogP contribution in [0.5, 0.6) is 11.5 Å². The smallest absolute Gasteiger partial charge is 0.161 e. The summed E-state index contributed by atoms with van der Waals surface area (Å²) in [7, 11) is 0. The van der Waals surface area contributed by atoms with E-state index in [1.165, 1.54) is 0 Å². The maximum atomic E-state index is 9.76. The summed E-state index contributed by atoms with van der Waals surface area (Å²) in [6.07, 6.45) is 1.85. The standard InChI is InChI=1S/C15H18IN3O2/c1-3-5-10-13(16)14(17)19-15(18-10)9-6-7-11(20)12(8-9)21-4-2/h6-8,20H,3-5H2,1-2H3,(H2,17,18,19). The van der Waals surface area contributed by atoms with Crippen molar-refractivity contribution in [2.24, 2.45) is 0 Å². The zero-order valence-corrected chi connectivity index (χ0v) is 14.2. The minimum atomic E-state index is 0.105. The predicted molar refractivity (Wildman–Crippen MR) is 91.4 cm³/mol. The highest BCUT2D eigenvalue weighted by atomic mass is 127. The summed E-state index contributed by atoms with van der Waals surface area (Å²) < 4.78 is 6.30. The zero-order chi connectivity index (χ0) is 15.4. The topological polar surface area (TPSA) is 81.3 Å². The molecule has 2 aromatic rings. The number of anilines is 1. The van der Waals surface area contributed by atoms with Crippen LogP contribution < -0.4 is 10.5 Å². The lowest BCUT2D eigenvalue weighted by Crippen LogP contribution is -2.05. The van der Waals surface area contributed by atoms with Crippen molar-refractivity contribution < 1.29 is 9.84 Å². The van der Waals surface area contributed by atoms with Crippen LogP contribution in [-0.4, -0.2) is 21.7 Å². The van der Waals surface area contributed by atoms with E-state index in [4.69, 9.17) is 10.5 Å². The Morgan fingerprint density at radius 1 is 1.29 bits per heavy atom. The van der Waals surface area contributed by atoms with Crippen molar-refractivity contribution >= 4 is 28.4 Å². The van der Waals surface area contributed by atoms with Crippen LogP contribution in [0.15, 0.2) is 18.2 Å². The van der Waals surface area contributed by atoms with Gasteiger partial charge in [-0.2, -0.15) is 0 Å². The Morgan fingerprint density at radius 3 is 2.71 bits per heavy atom. The van der Waals surface area contributed by atoms with E-state index in [0.717, 1.165) is 27.7 Å². The quantitative estimate of drug-likeness (QED) is 0.754. The molecule has 2 rings (SSSR count). The van der Waals surface area contributed by atoms with Crippen LogP contribution in [0, 0.1) is 3.57 Å². The number of nitrogens with two attached hydrogens (primary N) is 1. The van der Waals surface area contributed by atoms with Crippen LogP contribution in [0.1, 0.15) is 26.0 Å². The molecule has 112 valence electrons. The normalized spacial score (nSPS) is 10.6. The minimum Gasteiger partial charge on any atom is -0.504 e. The van der Waals surface area contributed by atoms with Crippen molar-refractivity contribution in [2.45, 2.75) is 26.7 Å². The molecule has 5 nitrogen and oxygen atoms in total. The summed E-state index contributed by atoms with van der Waals surface area (Å²) in [6.45, 7) is 4.44. The number of halogens is 1. The number of nitrogen functional groups attached to an aromatic ring is 1. The minimum absolute atomic E-state index is 0.105. The van der Waals surface area contributed by atoms with Gasteiger partial charge in [0.25, 0.3) is 0 Å². The Bertz CT molecular complexity index is 647. The number of benzene rings is 1. The Balaban J connectivity index is 2.48. The third kappa shape index (κ3) is 3.55. The Hall–Kier alpha value is -1.57. The number of rotatable bonds is 5. The molecule has 1 aromatic heterocycles. The van der Waals surface area contributed by atoms with Crippen molar-refractivity contribution in [1.82, 2.24) is 9.97 Å². The van der Waals surface area contributed by atoms with Gasteiger partial charge in [-0.15, -0.1) is 0 Å². The lowest BCUT2D eigenvalue weighted by molar-refractivity contribution is 0.318. The first-order chi connectivity index (χ1) is 10.1. The maximum Gasteiger partial charge on any atom is 0.161 e. The fourth-order valence-electron chi connectivity index (χ4n) is 1.97. The van der Waals surface area contributed by atoms with Crippen LogP contribution >= 0.6 is 22.6 Å². The lowest BCUT2D eigenvalue weighted by Gasteiger charge is -2.10. The zero-order valence-electron chi connectivity index (χ0n) is 12.1. The first-order valence-corrected chi connectivity index (χ1v) is 7.92. The van der Waals surface area contributed by atoms with Crippen LogP contribution in [0.2, 0.25) is 0 Å². The first-order valence-electron chi connectivity index (χ1n) is 6.84. The monoisotopic (exact) mass is 399 g/mol. The molecule has 1 aromatic carbocycles. The van der Waals surface area contributed by atoms with Gasteiger partial charge in [-0.25, -0.2) is 9.97 Å². The van der Waals surface area contributed by atoms with Crippen LogP contribution in [0.3, 0.4) is 0 Å². The van der Waals surface area contributed by atoms with Gasteiger partial charge in [0, 0.05) is 5.56 Å². The van der Waals surface area contributed by atoms with Gasteiger partial charge in [-0.3, -0.25) is 0 Å². The van der Waals surface area contributed by atoms with Crippen molar-refractivity contribution in [3.8, 4) is 22.9 Å². The van der Waals surface area contributed by atoms with Crippen LogP contribution in [0.4, 0.5) is 5.82 Å². The number of nitrogens with zero attached hydrogens (tertiary/aromatic N) is 2. The van der Waals surface area contributed by atoms with Crippen molar-refractivity contribution in [1.29, 1.82) is 0 Å². The molecular weight excluding hydrogens is 381 g/mol. The number of aromatic hydroxyl groups is 1. The molecule has 0 aliphatic heterocycles. The van der Waals surface area contributed by atoms with E-state index in [9.17, 15) is 5.11 Å². The fourth-order valence-corrected chi connectivity index (χ4v) is 2.48. The number of aryl methyl sites for hydroxylation is 1. The molecule has 0 atom stereocenters. The molecule has 21 heavy (non-hydrogen) atoms. The summed E-state index contributed by atoms with van der Waals surface area (Å²) in [5, 5.41) is 9.76. The van der Waals surface area contributed by atoms with E-state index in [1.807, 2.05) is 6.92 Å². The van der Waals surface area contributed by atoms with Crippen molar-refractivity contribution in [3.05, 3.63) is 27.5 Å². The second-order valence-corrected chi connectivity index (χ2v) is 5.64. The van der Waals surface area contributed by atoms with Gasteiger partial charge >= 0.3 is 0 Å². The molecule has 6 heteroatoms. The molecule has 0 radical (unpaired) electrons. The average Bonchev–Trinajstić information content (AvgIpc) is 2.46. The van der Waals surface area contributed by atoms with Crippen LogP contribution in [0.25, 0.3) is 11.4 Å². The maximum absolute atomic E-state index is 9.76. The van der Waals surface area contributed by atoms with Gasteiger partial charge in [0.15, 0.2) is 17.3 Å². The lowest BCUT2D eigenvalue weighted by atomic mass is 10.1. The largest absolute Gasteiger partial charge is 0.504 e. The number of phenols is 1. The highest BCUT2D eigenvalue weighted by Crippen LogP contribution is 2.31. The van der Waals surface area contributed by atoms with E-state index in [0.29, 0.717) is 24.0 Å². The van der Waals surface area contributed by atoms with Gasteiger partial charge in [-0.05, 0) is 54.1 Å². The molecule has 0 amide bonds. The SMILES string of the molecule is CCCc1nc(-c2ccc(O)c(OCC)c2)nc(N)c1I. The number of hydrogen-bond donors (Lipinski definition) is 2. The second-order valence-electron chi connectivity index (χ2n) is 4.56. The summed E-state index contributed by atoms with van der Waals surface area (Å²) in [6, 6.07) is 5.07. The predicted octanol–water partition coefficient (Wildman–Crippen LogP) is 3.39. The molecule has 0 bridgehead atoms. The van der Waals surface area contributed by atoms with E-state index in [2.05, 4.69) is 39.5 Å². The molecule has 0 saturated carbocycles. The van der Waals surface area contributed by atoms with Gasteiger partial charge < -0.3 is 15.6 Å². The summed E-state index contributed by atoms with van der Waals surface area (Å²) in [5.74, 6) is 1.56. The third-order valence-corrected chi connectivity index (χ3v) is 4.13. The summed E-state index contributed by atoms with van der Waals surface area (Å²) >= 11 is 2.17. The Labute approximate surface area is 137 Å². The molecule has 1 heterocycles. The van der Waals surface area contributed by atoms with E-state index >= 15 is 0 Å². The van der Waals surface area contributed by atoms with E-state index in [1.54, 1.807) is 18.2 Å². The molecule has 0 aliphatic rings. The number of aromatic nitrogens is 2. The summed E-state index contributed by atoms with van der Waals surface area (Å²) in [4.78, 5) is 8.93. The molecule has 0 fully saturated rings. The first kappa shape index (κ1) is 15.8. The Kier molecular flexibility index (Phi) is 5.22. The second kappa shape index (κ2) is 6.93. The van der Waals surface area contributed by atoms with E-state index < -0.39 is 0 Å². The Morgan fingerprint density at radius 2 is 2.05 bits per heavy atom. The van der Waals surface area contributed by atoms with Crippen molar-refractivity contribution in [3.63, 3.8) is 0 Å². The van der Waals surface area contributed by atoms with Gasteiger partial charge in [-0.1, -0.05) is 13.3 Å². The van der Waals surface area contributed by atoms with Gasteiger partial charge in [0.1, 0.15) is 5.82 Å². The van der Waals surface area contributed by atoms with Crippen molar-refractivity contribution in [2.75, 3.05) is 12.3 Å². The molecular formula is C15H18IN3O2.